The Morgan fingerprint density at radius 2 is 1.74 bits per heavy atom. The summed E-state index contributed by atoms with van der Waals surface area (Å²) in [4.78, 5) is 4.80. The fourth-order valence-corrected chi connectivity index (χ4v) is 6.54. The Morgan fingerprint density at radius 3 is 2.50 bits per heavy atom. The second kappa shape index (κ2) is 15.2. The van der Waals surface area contributed by atoms with Crippen LogP contribution in [-0.2, 0) is 25.8 Å². The van der Waals surface area contributed by atoms with Crippen LogP contribution in [0, 0.1) is 5.41 Å². The van der Waals surface area contributed by atoms with Crippen LogP contribution in [0.15, 0.2) is 73.6 Å². The number of fused-ring (bicyclic) bond motifs is 1. The Morgan fingerprint density at radius 1 is 0.929 bits per heavy atom. The van der Waals surface area contributed by atoms with E-state index in [1.54, 1.807) is 6.20 Å². The van der Waals surface area contributed by atoms with Crippen LogP contribution in [0.3, 0.4) is 0 Å². The number of hydrazine groups is 1. The van der Waals surface area contributed by atoms with Crippen molar-refractivity contribution >= 4 is 10.9 Å². The first kappa shape index (κ1) is 31.6. The number of hydrogen-bond acceptors (Lipinski definition) is 3. The first-order valence-electron chi connectivity index (χ1n) is 16.2. The van der Waals surface area contributed by atoms with Crippen LogP contribution in [0.2, 0.25) is 0 Å². The fourth-order valence-electron chi connectivity index (χ4n) is 6.54. The van der Waals surface area contributed by atoms with Gasteiger partial charge < -0.3 is 9.99 Å². The van der Waals surface area contributed by atoms with Crippen LogP contribution in [0.25, 0.3) is 33.3 Å². The summed E-state index contributed by atoms with van der Waals surface area (Å²) < 4.78 is 2.53. The Kier molecular flexibility index (Phi) is 11.4. The Labute approximate surface area is 254 Å². The number of unbranched alkanes of at least 4 members (excludes halogenated alkanes) is 3. The summed E-state index contributed by atoms with van der Waals surface area (Å²) in [6.07, 6.45) is 14.0. The number of aromatic nitrogens is 2. The number of pyridine rings is 1. The average Bonchev–Trinajstić information content (AvgIpc) is 3.30. The molecule has 0 fully saturated rings. The highest BCUT2D eigenvalue weighted by molar-refractivity contribution is 5.95. The van der Waals surface area contributed by atoms with Gasteiger partial charge in [-0.15, -0.1) is 0 Å². The maximum absolute atomic E-state index is 4.80. The van der Waals surface area contributed by atoms with Gasteiger partial charge in [0.2, 0.25) is 0 Å². The predicted octanol–water partition coefficient (Wildman–Crippen LogP) is 9.66. The fraction of sp³-hybridized carbons (Fsp3) is 0.447. The zero-order valence-corrected chi connectivity index (χ0v) is 26.7. The van der Waals surface area contributed by atoms with Crippen LogP contribution < -0.4 is 10.9 Å². The average molecular weight is 565 g/mol. The molecule has 0 saturated heterocycles. The highest BCUT2D eigenvalue weighted by atomic mass is 15.3. The summed E-state index contributed by atoms with van der Waals surface area (Å²) >= 11 is 0. The molecule has 224 valence electrons. The Balaban J connectivity index is 1.68. The number of aryl methyl sites for hydroxylation is 3. The smallest absolute Gasteiger partial charge is 0.0542 e. The van der Waals surface area contributed by atoms with E-state index in [4.69, 9.17) is 4.98 Å². The van der Waals surface area contributed by atoms with Crippen LogP contribution in [0.1, 0.15) is 90.0 Å². The third-order valence-corrected chi connectivity index (χ3v) is 8.53. The van der Waals surface area contributed by atoms with Crippen molar-refractivity contribution in [3.05, 3.63) is 90.4 Å². The van der Waals surface area contributed by atoms with Gasteiger partial charge in [-0.3, -0.25) is 4.98 Å². The lowest BCUT2D eigenvalue weighted by molar-refractivity contribution is 0.330. The van der Waals surface area contributed by atoms with E-state index in [1.807, 2.05) is 6.20 Å². The molecule has 0 saturated carbocycles. The van der Waals surface area contributed by atoms with Crippen molar-refractivity contribution in [1.82, 2.24) is 20.4 Å². The van der Waals surface area contributed by atoms with Crippen LogP contribution in [0.5, 0.6) is 0 Å². The second-order valence-corrected chi connectivity index (χ2v) is 12.4. The molecule has 0 spiro atoms. The largest absolute Gasteiger partial charge is 0.340 e. The third-order valence-electron chi connectivity index (χ3n) is 8.53. The summed E-state index contributed by atoms with van der Waals surface area (Å²) in [5.41, 5.74) is 17.0. The molecule has 2 aromatic heterocycles. The van der Waals surface area contributed by atoms with E-state index in [-0.39, 0.29) is 5.41 Å². The number of nitrogens with zero attached hydrogens (tertiary/aromatic N) is 2. The lowest BCUT2D eigenvalue weighted by Crippen LogP contribution is -2.27. The van der Waals surface area contributed by atoms with Gasteiger partial charge in [-0.05, 0) is 97.4 Å². The number of nitrogens with one attached hydrogen (secondary N) is 2. The molecule has 0 bridgehead atoms. The molecule has 4 heteroatoms. The summed E-state index contributed by atoms with van der Waals surface area (Å²) in [7, 11) is 0. The van der Waals surface area contributed by atoms with Gasteiger partial charge in [0.25, 0.3) is 0 Å². The van der Waals surface area contributed by atoms with Gasteiger partial charge in [0.15, 0.2) is 0 Å². The molecule has 4 rings (SSSR count). The third kappa shape index (κ3) is 7.72. The van der Waals surface area contributed by atoms with Gasteiger partial charge in [0, 0.05) is 47.6 Å². The minimum absolute atomic E-state index is 0.221. The molecule has 2 aromatic carbocycles. The standard InChI is InChI=1S/C38H52N4/c1-7-23-38(5,6)28-34-33-27-31(30-19-15-18-29(26-30)17-13-11-12-14-25-41-40-9-3)21-22-36(33)42(10-4)37(34)32-20-16-24-39-35(32)8-2/h9,15-16,18-22,24,26-27,40-41H,3,7-8,10-14,17,23,25,28H2,1-2,4-6H3. The Bertz CT molecular complexity index is 1450. The van der Waals surface area contributed by atoms with E-state index in [0.717, 1.165) is 32.4 Å². The molecule has 0 aliphatic heterocycles. The molecule has 0 radical (unpaired) electrons. The molecule has 0 unspecified atom stereocenters. The SMILES string of the molecule is C=CNNCCCCCCc1cccc(-c2ccc3c(c2)c(CC(C)(C)CCC)c(-c2cccnc2CC)n3CC)c1. The molecule has 2 heterocycles. The second-order valence-electron chi connectivity index (χ2n) is 12.4. The molecule has 0 amide bonds. The molecule has 0 aliphatic carbocycles. The van der Waals surface area contributed by atoms with Gasteiger partial charge in [-0.2, -0.15) is 0 Å². The van der Waals surface area contributed by atoms with Crippen molar-refractivity contribution in [3.8, 4) is 22.4 Å². The normalized spacial score (nSPS) is 11.7. The topological polar surface area (TPSA) is 41.9 Å². The highest BCUT2D eigenvalue weighted by Crippen LogP contribution is 2.41. The molecule has 0 aliphatic rings. The van der Waals surface area contributed by atoms with E-state index in [1.165, 1.54) is 88.6 Å². The van der Waals surface area contributed by atoms with E-state index < -0.39 is 0 Å². The van der Waals surface area contributed by atoms with Gasteiger partial charge in [-0.25, -0.2) is 5.43 Å². The van der Waals surface area contributed by atoms with Crippen LogP contribution in [-0.4, -0.2) is 16.1 Å². The summed E-state index contributed by atoms with van der Waals surface area (Å²) in [6, 6.07) is 20.7. The van der Waals surface area contributed by atoms with Crippen molar-refractivity contribution in [3.63, 3.8) is 0 Å². The van der Waals surface area contributed by atoms with E-state index in [2.05, 4.69) is 111 Å². The first-order chi connectivity index (χ1) is 20.4. The molecule has 4 aromatic rings. The molecule has 42 heavy (non-hydrogen) atoms. The first-order valence-corrected chi connectivity index (χ1v) is 16.2. The number of benzene rings is 2. The molecule has 2 N–H and O–H groups in total. The van der Waals surface area contributed by atoms with Crippen molar-refractivity contribution in [2.24, 2.45) is 5.41 Å². The maximum atomic E-state index is 4.80. The molecular formula is C38H52N4. The minimum Gasteiger partial charge on any atom is -0.340 e. The van der Waals surface area contributed by atoms with Crippen molar-refractivity contribution in [1.29, 1.82) is 0 Å². The van der Waals surface area contributed by atoms with Crippen LogP contribution in [0.4, 0.5) is 0 Å². The monoisotopic (exact) mass is 564 g/mol. The van der Waals surface area contributed by atoms with Crippen molar-refractivity contribution < 1.29 is 0 Å². The van der Waals surface area contributed by atoms with E-state index >= 15 is 0 Å². The van der Waals surface area contributed by atoms with Crippen molar-refractivity contribution in [2.45, 2.75) is 99.0 Å². The van der Waals surface area contributed by atoms with Gasteiger partial charge in [-0.1, -0.05) is 83.9 Å². The summed E-state index contributed by atoms with van der Waals surface area (Å²) in [6.45, 7) is 17.2. The molecular weight excluding hydrogens is 512 g/mol. The lowest BCUT2D eigenvalue weighted by atomic mass is 9.80. The zero-order valence-electron chi connectivity index (χ0n) is 26.7. The summed E-state index contributed by atoms with van der Waals surface area (Å²) in [5.74, 6) is 0. The van der Waals surface area contributed by atoms with Gasteiger partial charge in [0.1, 0.15) is 0 Å². The maximum Gasteiger partial charge on any atom is 0.0542 e. The predicted molar refractivity (Wildman–Crippen MR) is 182 cm³/mol. The summed E-state index contributed by atoms with van der Waals surface area (Å²) in [5, 5.41) is 1.39. The highest BCUT2D eigenvalue weighted by Gasteiger charge is 2.26. The molecule has 4 nitrogen and oxygen atoms in total. The quantitative estimate of drug-likeness (QED) is 0.0991. The Hall–Kier alpha value is -3.37. The number of rotatable bonds is 17. The van der Waals surface area contributed by atoms with Gasteiger partial charge in [0.05, 0.1) is 5.69 Å². The van der Waals surface area contributed by atoms with E-state index in [9.17, 15) is 0 Å². The lowest BCUT2D eigenvalue weighted by Gasteiger charge is -2.25. The minimum atomic E-state index is 0.221. The zero-order chi connectivity index (χ0) is 30.0. The van der Waals surface area contributed by atoms with Crippen molar-refractivity contribution in [2.75, 3.05) is 6.54 Å². The number of hydrogen-bond donors (Lipinski definition) is 2. The van der Waals surface area contributed by atoms with Crippen LogP contribution >= 0.6 is 0 Å². The van der Waals surface area contributed by atoms with E-state index in [0.29, 0.717) is 0 Å². The molecule has 0 atom stereocenters. The van der Waals surface area contributed by atoms with Gasteiger partial charge >= 0.3 is 0 Å².